The van der Waals surface area contributed by atoms with Crippen molar-refractivity contribution in [2.24, 2.45) is 0 Å². The average Bonchev–Trinajstić information content (AvgIpc) is 3.07. The van der Waals surface area contributed by atoms with Gasteiger partial charge in [0.05, 0.1) is 18.0 Å². The van der Waals surface area contributed by atoms with Crippen LogP contribution in [0.4, 0.5) is 14.9 Å². The number of hydrogen-bond donors (Lipinski definition) is 6. The molecule has 7 atom stereocenters. The zero-order chi connectivity index (χ0) is 31.6. The number of amides is 2. The van der Waals surface area contributed by atoms with Crippen molar-refractivity contribution in [1.29, 1.82) is 0 Å². The molecule has 3 saturated heterocycles. The number of nitrogens with one attached hydrogen (secondary N) is 3. The van der Waals surface area contributed by atoms with E-state index in [2.05, 4.69) is 16.0 Å². The molecule has 2 bridgehead atoms. The number of benzene rings is 2. The lowest BCUT2D eigenvalue weighted by Gasteiger charge is -2.49. The molecule has 0 radical (unpaired) electrons. The fourth-order valence-electron chi connectivity index (χ4n) is 7.32. The molecule has 44 heavy (non-hydrogen) atoms. The molecular weight excluding hydrogens is 611 g/mol. The Bertz CT molecular complexity index is 1340. The Morgan fingerprint density at radius 3 is 2.57 bits per heavy atom. The second kappa shape index (κ2) is 13.5. The third-order valence-corrected chi connectivity index (χ3v) is 11.5. The van der Waals surface area contributed by atoms with Gasteiger partial charge in [0.15, 0.2) is 0 Å². The number of halogens is 2. The molecule has 2 unspecified atom stereocenters. The molecule has 0 aliphatic carbocycles. The number of ether oxygens (including phenoxy) is 1. The summed E-state index contributed by atoms with van der Waals surface area (Å²) in [7, 11) is -2.92. The number of anilines is 1. The maximum Gasteiger partial charge on any atom is 0.405 e. The summed E-state index contributed by atoms with van der Waals surface area (Å²) < 4.78 is 44.8. The molecule has 0 saturated carbocycles. The molecule has 6 N–H and O–H groups in total. The van der Waals surface area contributed by atoms with E-state index < -0.39 is 40.1 Å². The van der Waals surface area contributed by atoms with Crippen molar-refractivity contribution in [2.45, 2.75) is 88.1 Å². The monoisotopic (exact) mass is 652 g/mol. The van der Waals surface area contributed by atoms with Gasteiger partial charge in [0.25, 0.3) is 0 Å². The normalized spacial score (nSPS) is 31.3. The van der Waals surface area contributed by atoms with Crippen LogP contribution >= 0.6 is 22.4 Å². The summed E-state index contributed by atoms with van der Waals surface area (Å²) in [6, 6.07) is 10.2. The van der Waals surface area contributed by atoms with Crippen molar-refractivity contribution in [1.82, 2.24) is 14.9 Å². The minimum Gasteiger partial charge on any atom is -0.465 e. The highest BCUT2D eigenvalue weighted by Crippen LogP contribution is 2.49. The van der Waals surface area contributed by atoms with Crippen LogP contribution in [0, 0.1) is 5.82 Å². The molecule has 5 rings (SSSR count). The van der Waals surface area contributed by atoms with Gasteiger partial charge < -0.3 is 25.8 Å². The molecule has 3 heterocycles. The van der Waals surface area contributed by atoms with Crippen molar-refractivity contribution >= 4 is 40.1 Å². The number of hydrogen-bond acceptors (Lipinski definition) is 7. The van der Waals surface area contributed by atoms with E-state index in [0.29, 0.717) is 43.1 Å². The molecule has 10 nitrogen and oxygen atoms in total. The first kappa shape index (κ1) is 32.9. The Kier molecular flexibility index (Phi) is 10.1. The zero-order valence-electron chi connectivity index (χ0n) is 25.0. The van der Waals surface area contributed by atoms with Crippen molar-refractivity contribution in [2.75, 3.05) is 24.2 Å². The van der Waals surface area contributed by atoms with Gasteiger partial charge >= 0.3 is 6.09 Å². The molecule has 0 spiro atoms. The minimum atomic E-state index is -2.92. The molecule has 0 aromatic heterocycles. The SMILES string of the molecule is C[C@@H]1CC(c2ccc(Cl)cc2)([C@H](NC(=O)O)C(=O)Nc2cccc(F)c2CC[C@H]2CN[C@@H]3CCCS(O)(O)N2C3)C[C@H](C)O1. The predicted octanol–water partition coefficient (Wildman–Crippen LogP) is 5.61. The van der Waals surface area contributed by atoms with E-state index in [1.807, 2.05) is 13.8 Å². The van der Waals surface area contributed by atoms with Gasteiger partial charge in [-0.2, -0.15) is 0 Å². The lowest BCUT2D eigenvalue weighted by atomic mass is 9.65. The van der Waals surface area contributed by atoms with E-state index in [1.54, 1.807) is 34.6 Å². The predicted molar refractivity (Wildman–Crippen MR) is 170 cm³/mol. The van der Waals surface area contributed by atoms with Crippen LogP contribution in [-0.4, -0.2) is 79.7 Å². The zero-order valence-corrected chi connectivity index (χ0v) is 26.5. The number of rotatable bonds is 8. The summed E-state index contributed by atoms with van der Waals surface area (Å²) in [6.45, 7) is 4.85. The number of nitrogens with zero attached hydrogens (tertiary/aromatic N) is 1. The van der Waals surface area contributed by atoms with Crippen molar-refractivity contribution in [3.63, 3.8) is 0 Å². The number of carbonyl (C=O) groups is 2. The van der Waals surface area contributed by atoms with Crippen LogP contribution in [0.3, 0.4) is 0 Å². The molecule has 3 fully saturated rings. The third-order valence-electron chi connectivity index (χ3n) is 9.17. The van der Waals surface area contributed by atoms with Gasteiger partial charge in [-0.3, -0.25) is 13.9 Å². The highest BCUT2D eigenvalue weighted by atomic mass is 35.5. The Labute approximate surface area is 264 Å². The van der Waals surface area contributed by atoms with Crippen LogP contribution < -0.4 is 16.0 Å². The van der Waals surface area contributed by atoms with E-state index >= 15 is 4.39 Å². The maximum atomic E-state index is 15.4. The van der Waals surface area contributed by atoms with Gasteiger partial charge in [-0.05, 0) is 82.2 Å². The molecule has 2 aromatic carbocycles. The first-order valence-corrected chi connectivity index (χ1v) is 17.2. The maximum absolute atomic E-state index is 15.4. The van der Waals surface area contributed by atoms with Gasteiger partial charge in [0.2, 0.25) is 5.91 Å². The van der Waals surface area contributed by atoms with E-state index in [1.165, 1.54) is 12.1 Å². The highest BCUT2D eigenvalue weighted by Gasteiger charge is 2.50. The molecule has 13 heteroatoms. The standard InChI is InChI=1S/C31H42ClFN4O6S/c1-19-15-31(16-20(2)43-19,21-8-10-22(32)11-9-21)28(36-30(39)40)29(38)35-27-7-3-6-26(33)25(27)13-12-24-17-34-23-5-4-14-44(41,42)37(24)18-23/h3,6-11,19-20,23-24,28,34,36,41-42H,4-5,12-18H2,1-2H3,(H,35,38)(H,39,40)/t19-,20+,23-,24+,28-,31?/m1/s1. The second-order valence-corrected chi connectivity index (χ2v) is 14.9. The van der Waals surface area contributed by atoms with Gasteiger partial charge in [-0.15, -0.1) is 10.8 Å². The number of carboxylic acid groups (broad SMARTS) is 1. The smallest absolute Gasteiger partial charge is 0.405 e. The molecule has 3 aliphatic rings. The van der Waals surface area contributed by atoms with Gasteiger partial charge in [-0.1, -0.05) is 29.8 Å². The van der Waals surface area contributed by atoms with E-state index in [4.69, 9.17) is 16.3 Å². The number of fused-ring (bicyclic) bond motifs is 2. The van der Waals surface area contributed by atoms with Crippen molar-refractivity contribution in [3.8, 4) is 0 Å². The van der Waals surface area contributed by atoms with Crippen LogP contribution in [0.5, 0.6) is 0 Å². The Morgan fingerprint density at radius 1 is 1.18 bits per heavy atom. The fourth-order valence-corrected chi connectivity index (χ4v) is 9.31. The molecular formula is C31H42ClFN4O6S. The van der Waals surface area contributed by atoms with E-state index in [0.717, 1.165) is 18.4 Å². The number of piperazine rings is 1. The Hall–Kier alpha value is -2.45. The molecule has 3 aliphatic heterocycles. The Balaban J connectivity index is 1.43. The topological polar surface area (TPSA) is 143 Å². The average molecular weight is 653 g/mol. The van der Waals surface area contributed by atoms with Crippen LogP contribution in [0.15, 0.2) is 42.5 Å². The van der Waals surface area contributed by atoms with Crippen LogP contribution in [-0.2, 0) is 21.4 Å². The van der Waals surface area contributed by atoms with Crippen molar-refractivity contribution in [3.05, 3.63) is 64.4 Å². The van der Waals surface area contributed by atoms with E-state index in [-0.39, 0.29) is 42.0 Å². The molecule has 2 amide bonds. The highest BCUT2D eigenvalue weighted by molar-refractivity contribution is 8.22. The summed E-state index contributed by atoms with van der Waals surface area (Å²) in [5, 5.41) is 19.2. The van der Waals surface area contributed by atoms with Gasteiger partial charge in [-0.25, -0.2) is 13.5 Å². The second-order valence-electron chi connectivity index (χ2n) is 12.3. The summed E-state index contributed by atoms with van der Waals surface area (Å²) in [4.78, 5) is 26.2. The minimum absolute atomic E-state index is 0.186. The largest absolute Gasteiger partial charge is 0.465 e. The van der Waals surface area contributed by atoms with Crippen LogP contribution in [0.2, 0.25) is 5.02 Å². The molecule has 242 valence electrons. The first-order valence-electron chi connectivity index (χ1n) is 15.1. The van der Waals surface area contributed by atoms with Gasteiger partial charge in [0, 0.05) is 46.9 Å². The lowest BCUT2D eigenvalue weighted by molar-refractivity contribution is -0.124. The van der Waals surface area contributed by atoms with Crippen molar-refractivity contribution < 1.29 is 32.9 Å². The molecule has 2 aromatic rings. The van der Waals surface area contributed by atoms with Gasteiger partial charge in [0.1, 0.15) is 11.9 Å². The first-order chi connectivity index (χ1) is 20.9. The lowest BCUT2D eigenvalue weighted by Crippen LogP contribution is -2.60. The summed E-state index contributed by atoms with van der Waals surface area (Å²) in [5.41, 5.74) is 0.299. The third kappa shape index (κ3) is 7.17. The summed E-state index contributed by atoms with van der Waals surface area (Å²) >= 11 is 6.17. The fraction of sp³-hybridized carbons (Fsp3) is 0.548. The number of carbonyl (C=O) groups excluding carboxylic acids is 1. The van der Waals surface area contributed by atoms with E-state index in [9.17, 15) is 23.8 Å². The summed E-state index contributed by atoms with van der Waals surface area (Å²) in [5.74, 6) is -0.798. The summed E-state index contributed by atoms with van der Waals surface area (Å²) in [6.07, 6.45) is 1.10. The quantitative estimate of drug-likeness (QED) is 0.216. The Morgan fingerprint density at radius 2 is 1.89 bits per heavy atom. The van der Waals surface area contributed by atoms with Crippen LogP contribution in [0.25, 0.3) is 0 Å². The van der Waals surface area contributed by atoms with Crippen LogP contribution in [0.1, 0.15) is 57.1 Å².